The Hall–Kier alpha value is -3.11. The summed E-state index contributed by atoms with van der Waals surface area (Å²) in [4.78, 5) is 24.9. The first-order valence-electron chi connectivity index (χ1n) is 13.2. The second-order valence-corrected chi connectivity index (χ2v) is 11.0. The molecule has 1 N–H and O–H groups in total. The summed E-state index contributed by atoms with van der Waals surface area (Å²) in [6.45, 7) is 11.5. The third-order valence-electron chi connectivity index (χ3n) is 7.76. The molecule has 2 aliphatic rings. The Bertz CT molecular complexity index is 1400. The van der Waals surface area contributed by atoms with Crippen molar-refractivity contribution >= 4 is 39.1 Å². The average molecular weight is 521 g/mol. The number of aromatic nitrogens is 5. The zero-order valence-electron chi connectivity index (χ0n) is 21.7. The molecule has 5 heterocycles. The second kappa shape index (κ2) is 9.98. The summed E-state index contributed by atoms with van der Waals surface area (Å²) < 4.78 is 17.4. The van der Waals surface area contributed by atoms with Crippen molar-refractivity contribution in [3.8, 4) is 10.6 Å². The summed E-state index contributed by atoms with van der Waals surface area (Å²) in [6, 6.07) is 4.47. The molecule has 1 saturated carbocycles. The minimum absolute atomic E-state index is 0.305. The van der Waals surface area contributed by atoms with Gasteiger partial charge in [0.25, 0.3) is 0 Å². The van der Waals surface area contributed by atoms with Gasteiger partial charge in [-0.1, -0.05) is 19.8 Å². The Labute approximate surface area is 220 Å². The lowest BCUT2D eigenvalue weighted by atomic mass is 10.2. The summed E-state index contributed by atoms with van der Waals surface area (Å²) in [5, 5.41) is 3.16. The normalized spacial score (nSPS) is 17.2. The molecular formula is C27H33FN8S. The molecule has 0 atom stereocenters. The molecule has 1 aliphatic heterocycles. The number of rotatable bonds is 6. The van der Waals surface area contributed by atoms with E-state index >= 15 is 4.39 Å². The zero-order valence-corrected chi connectivity index (χ0v) is 22.5. The number of thiophene rings is 1. The molecule has 0 spiro atoms. The second-order valence-electron chi connectivity index (χ2n) is 10.0. The Balaban J connectivity index is 1.24. The Kier molecular flexibility index (Phi) is 6.54. The molecule has 8 nitrogen and oxygen atoms in total. The van der Waals surface area contributed by atoms with Crippen molar-refractivity contribution in [2.24, 2.45) is 0 Å². The van der Waals surface area contributed by atoms with E-state index in [-0.39, 0.29) is 0 Å². The molecule has 0 amide bonds. The summed E-state index contributed by atoms with van der Waals surface area (Å²) in [7, 11) is 0. The van der Waals surface area contributed by atoms with Gasteiger partial charge in [-0.25, -0.2) is 24.3 Å². The van der Waals surface area contributed by atoms with Gasteiger partial charge < -0.3 is 19.7 Å². The van der Waals surface area contributed by atoms with Crippen molar-refractivity contribution in [3.05, 3.63) is 41.7 Å². The number of nitrogens with zero attached hydrogens (tertiary/aromatic N) is 7. The van der Waals surface area contributed by atoms with Crippen LogP contribution in [0.15, 0.2) is 24.5 Å². The smallest absolute Gasteiger partial charge is 0.229 e. The van der Waals surface area contributed by atoms with Crippen LogP contribution in [0, 0.1) is 19.7 Å². The van der Waals surface area contributed by atoms with Gasteiger partial charge in [-0.05, 0) is 50.9 Å². The quantitative estimate of drug-likeness (QED) is 0.349. The largest absolute Gasteiger partial charge is 0.368 e. The fourth-order valence-electron chi connectivity index (χ4n) is 5.64. The highest BCUT2D eigenvalue weighted by Crippen LogP contribution is 2.42. The molecule has 4 aromatic heterocycles. The summed E-state index contributed by atoms with van der Waals surface area (Å²) in [5.41, 5.74) is 3.33. The number of likely N-dealkylation sites (N-methyl/N-ethyl adjacent to an activating group) is 1. The molecule has 0 bridgehead atoms. The van der Waals surface area contributed by atoms with Crippen molar-refractivity contribution in [2.45, 2.75) is 52.5 Å². The van der Waals surface area contributed by atoms with E-state index in [0.717, 1.165) is 65.0 Å². The van der Waals surface area contributed by atoms with E-state index in [1.54, 1.807) is 11.3 Å². The third kappa shape index (κ3) is 4.57. The van der Waals surface area contributed by atoms with Gasteiger partial charge in [-0.2, -0.15) is 0 Å². The SMILES string of the molecule is CCN1CCN(c2ccc(Nc3ncc(F)c(-c4sc5c(nc(C)n5C5CCCC5)c4C)n3)nc2)CC1. The van der Waals surface area contributed by atoms with Crippen LogP contribution in [0.25, 0.3) is 20.9 Å². The molecule has 1 aliphatic carbocycles. The average Bonchev–Trinajstić information content (AvgIpc) is 3.63. The van der Waals surface area contributed by atoms with Crippen LogP contribution in [0.2, 0.25) is 0 Å². The van der Waals surface area contributed by atoms with Crippen LogP contribution in [0.3, 0.4) is 0 Å². The van der Waals surface area contributed by atoms with Crippen LogP contribution >= 0.6 is 11.3 Å². The van der Waals surface area contributed by atoms with E-state index in [2.05, 4.69) is 54.5 Å². The van der Waals surface area contributed by atoms with Gasteiger partial charge in [0, 0.05) is 32.2 Å². The third-order valence-corrected chi connectivity index (χ3v) is 9.05. The number of halogens is 1. The van der Waals surface area contributed by atoms with Crippen molar-refractivity contribution in [1.82, 2.24) is 29.4 Å². The van der Waals surface area contributed by atoms with Gasteiger partial charge in [0.05, 0.1) is 23.0 Å². The van der Waals surface area contributed by atoms with Crippen LogP contribution in [-0.2, 0) is 0 Å². The number of aryl methyl sites for hydroxylation is 2. The number of piperazine rings is 1. The van der Waals surface area contributed by atoms with E-state index in [1.165, 1.54) is 31.9 Å². The maximum absolute atomic E-state index is 15.0. The lowest BCUT2D eigenvalue weighted by molar-refractivity contribution is 0.271. The van der Waals surface area contributed by atoms with Gasteiger partial charge in [0.1, 0.15) is 27.7 Å². The van der Waals surface area contributed by atoms with Gasteiger partial charge in [0.2, 0.25) is 5.95 Å². The molecule has 2 fully saturated rings. The van der Waals surface area contributed by atoms with E-state index < -0.39 is 5.82 Å². The fourth-order valence-corrected chi connectivity index (χ4v) is 6.99. The highest BCUT2D eigenvalue weighted by Gasteiger charge is 2.26. The molecule has 6 rings (SSSR count). The molecule has 0 aromatic carbocycles. The molecule has 194 valence electrons. The standard InChI is InChI=1S/C27H33FN8S/c1-4-34-11-13-35(14-12-34)20-9-10-22(29-15-20)32-27-30-16-21(28)24(33-27)25-17(2)23-26(37-25)36(18(3)31-23)19-7-5-6-8-19/h9-10,15-16,19H,4-8,11-14H2,1-3H3,(H,29,30,32,33). The summed E-state index contributed by atoms with van der Waals surface area (Å²) in [6.07, 6.45) is 7.96. The molecule has 1 saturated heterocycles. The van der Waals surface area contributed by atoms with E-state index in [0.29, 0.717) is 23.5 Å². The molecular weight excluding hydrogens is 487 g/mol. The first kappa shape index (κ1) is 24.2. The molecule has 0 unspecified atom stereocenters. The Morgan fingerprint density at radius 1 is 1.03 bits per heavy atom. The van der Waals surface area contributed by atoms with Crippen LogP contribution in [0.5, 0.6) is 0 Å². The number of hydrogen-bond acceptors (Lipinski definition) is 8. The Morgan fingerprint density at radius 2 is 1.81 bits per heavy atom. The van der Waals surface area contributed by atoms with Crippen molar-refractivity contribution in [1.29, 1.82) is 0 Å². The minimum atomic E-state index is -0.434. The predicted molar refractivity (Wildman–Crippen MR) is 147 cm³/mol. The Morgan fingerprint density at radius 3 is 2.51 bits per heavy atom. The first-order valence-corrected chi connectivity index (χ1v) is 14.0. The highest BCUT2D eigenvalue weighted by molar-refractivity contribution is 7.22. The fraction of sp³-hybridized carbons (Fsp3) is 0.481. The zero-order chi connectivity index (χ0) is 25.5. The molecule has 4 aromatic rings. The van der Waals surface area contributed by atoms with Crippen LogP contribution in [-0.4, -0.2) is 62.1 Å². The van der Waals surface area contributed by atoms with Crippen LogP contribution in [0.1, 0.15) is 50.0 Å². The van der Waals surface area contributed by atoms with Crippen molar-refractivity contribution < 1.29 is 4.39 Å². The number of imidazole rings is 1. The first-order chi connectivity index (χ1) is 18.0. The van der Waals surface area contributed by atoms with Gasteiger partial charge in [-0.3, -0.25) is 0 Å². The predicted octanol–water partition coefficient (Wildman–Crippen LogP) is 5.71. The highest BCUT2D eigenvalue weighted by atomic mass is 32.1. The molecule has 10 heteroatoms. The number of nitrogens with one attached hydrogen (secondary N) is 1. The summed E-state index contributed by atoms with van der Waals surface area (Å²) >= 11 is 1.58. The van der Waals surface area contributed by atoms with Crippen molar-refractivity contribution in [3.63, 3.8) is 0 Å². The monoisotopic (exact) mass is 520 g/mol. The number of pyridine rings is 1. The van der Waals surface area contributed by atoms with E-state index in [4.69, 9.17) is 4.98 Å². The maximum Gasteiger partial charge on any atom is 0.229 e. The van der Waals surface area contributed by atoms with Crippen LogP contribution < -0.4 is 10.2 Å². The minimum Gasteiger partial charge on any atom is -0.368 e. The van der Waals surface area contributed by atoms with Crippen molar-refractivity contribution in [2.75, 3.05) is 42.9 Å². The number of hydrogen-bond donors (Lipinski definition) is 1. The number of fused-ring (bicyclic) bond motifs is 1. The van der Waals surface area contributed by atoms with Crippen LogP contribution in [0.4, 0.5) is 21.8 Å². The molecule has 0 radical (unpaired) electrons. The maximum atomic E-state index is 15.0. The molecule has 37 heavy (non-hydrogen) atoms. The van der Waals surface area contributed by atoms with Gasteiger partial charge >= 0.3 is 0 Å². The topological polar surface area (TPSA) is 75.0 Å². The van der Waals surface area contributed by atoms with Gasteiger partial charge in [0.15, 0.2) is 5.82 Å². The lowest BCUT2D eigenvalue weighted by Gasteiger charge is -2.35. The summed E-state index contributed by atoms with van der Waals surface area (Å²) in [5.74, 6) is 1.56. The van der Waals surface area contributed by atoms with E-state index in [1.807, 2.05) is 19.2 Å². The lowest BCUT2D eigenvalue weighted by Crippen LogP contribution is -2.46. The van der Waals surface area contributed by atoms with E-state index in [9.17, 15) is 0 Å². The number of anilines is 3. The van der Waals surface area contributed by atoms with Gasteiger partial charge in [-0.15, -0.1) is 11.3 Å².